The van der Waals surface area contributed by atoms with E-state index in [1.807, 2.05) is 0 Å². The Morgan fingerprint density at radius 2 is 0.738 bits per heavy atom. The summed E-state index contributed by atoms with van der Waals surface area (Å²) in [6.07, 6.45) is 65.1. The van der Waals surface area contributed by atoms with Crippen molar-refractivity contribution in [2.45, 2.75) is 341 Å². The maximum absolute atomic E-state index is 12.4. The Morgan fingerprint density at radius 3 is 1.14 bits per heavy atom. The normalized spacial score (nSPS) is 12.6. The van der Waals surface area contributed by atoms with Crippen LogP contribution < -0.4 is 5.32 Å². The van der Waals surface area contributed by atoms with Crippen LogP contribution in [0.15, 0.2) is 12.2 Å². The van der Waals surface area contributed by atoms with E-state index in [1.54, 1.807) is 0 Å². The van der Waals surface area contributed by atoms with Crippen molar-refractivity contribution >= 4 is 11.9 Å². The lowest BCUT2D eigenvalue weighted by molar-refractivity contribution is -0.143. The van der Waals surface area contributed by atoms with Crippen molar-refractivity contribution in [2.75, 3.05) is 13.2 Å². The van der Waals surface area contributed by atoms with Crippen molar-refractivity contribution in [1.82, 2.24) is 5.32 Å². The van der Waals surface area contributed by atoms with E-state index < -0.39 is 12.1 Å². The monoisotopic (exact) mass is 918 g/mol. The summed E-state index contributed by atoms with van der Waals surface area (Å²) in [5.41, 5.74) is 0. The molecule has 0 radical (unpaired) electrons. The Hall–Kier alpha value is -1.40. The Bertz CT molecular complexity index is 970. The van der Waals surface area contributed by atoms with E-state index in [2.05, 4.69) is 31.3 Å². The Labute approximate surface area is 406 Å². The van der Waals surface area contributed by atoms with E-state index >= 15 is 0 Å². The van der Waals surface area contributed by atoms with E-state index in [0.717, 1.165) is 44.9 Å². The SMILES string of the molecule is CCCC/C=C\CCCCCCCC(=O)OCCCCCCCCCCCCCCCCCCCCCCCCCCCCC(=O)NC(CO)C(O)CCCCCCCCCCCCC. The highest BCUT2D eigenvalue weighted by Gasteiger charge is 2.20. The fraction of sp³-hybridized carbons (Fsp3) is 0.932. The minimum atomic E-state index is -0.660. The van der Waals surface area contributed by atoms with Gasteiger partial charge in [0.05, 0.1) is 25.4 Å². The summed E-state index contributed by atoms with van der Waals surface area (Å²) in [5, 5.41) is 23.2. The van der Waals surface area contributed by atoms with Crippen molar-refractivity contribution in [1.29, 1.82) is 0 Å². The van der Waals surface area contributed by atoms with Gasteiger partial charge >= 0.3 is 5.97 Å². The molecule has 0 aromatic rings. The number of ether oxygens (including phenoxy) is 1. The highest BCUT2D eigenvalue weighted by molar-refractivity contribution is 5.76. The van der Waals surface area contributed by atoms with Crippen LogP contribution in [0.1, 0.15) is 328 Å². The second-order valence-electron chi connectivity index (χ2n) is 20.3. The van der Waals surface area contributed by atoms with Crippen LogP contribution in [0.2, 0.25) is 0 Å². The molecule has 0 aliphatic heterocycles. The van der Waals surface area contributed by atoms with Gasteiger partial charge in [0.25, 0.3) is 0 Å². The van der Waals surface area contributed by atoms with E-state index in [4.69, 9.17) is 4.74 Å². The largest absolute Gasteiger partial charge is 0.466 e. The van der Waals surface area contributed by atoms with Crippen molar-refractivity contribution in [3.63, 3.8) is 0 Å². The predicted octanol–water partition coefficient (Wildman–Crippen LogP) is 18.1. The molecule has 0 rings (SSSR count). The molecule has 0 spiro atoms. The summed E-state index contributed by atoms with van der Waals surface area (Å²) in [6, 6.07) is -0.537. The minimum absolute atomic E-state index is 0.00637. The molecule has 2 unspecified atom stereocenters. The molecule has 0 saturated carbocycles. The van der Waals surface area contributed by atoms with E-state index in [0.29, 0.717) is 25.9 Å². The quantitative estimate of drug-likeness (QED) is 0.0321. The number of esters is 1. The third-order valence-electron chi connectivity index (χ3n) is 13.8. The molecule has 0 aromatic carbocycles. The molecule has 0 aliphatic carbocycles. The van der Waals surface area contributed by atoms with Gasteiger partial charge in [-0.05, 0) is 44.9 Å². The second kappa shape index (κ2) is 55.2. The molecular formula is C59H115NO5. The first-order valence-electron chi connectivity index (χ1n) is 29.4. The van der Waals surface area contributed by atoms with Gasteiger partial charge < -0.3 is 20.3 Å². The van der Waals surface area contributed by atoms with Gasteiger partial charge in [0, 0.05) is 12.8 Å². The molecule has 65 heavy (non-hydrogen) atoms. The number of hydrogen-bond acceptors (Lipinski definition) is 5. The average Bonchev–Trinajstić information content (AvgIpc) is 3.31. The van der Waals surface area contributed by atoms with Gasteiger partial charge in [-0.25, -0.2) is 0 Å². The minimum Gasteiger partial charge on any atom is -0.466 e. The summed E-state index contributed by atoms with van der Waals surface area (Å²) in [7, 11) is 0. The lowest BCUT2D eigenvalue weighted by Gasteiger charge is -2.22. The zero-order chi connectivity index (χ0) is 47.2. The number of aliphatic hydroxyl groups excluding tert-OH is 2. The number of aliphatic hydroxyl groups is 2. The summed E-state index contributed by atoms with van der Waals surface area (Å²) >= 11 is 0. The van der Waals surface area contributed by atoms with Crippen LogP contribution in [-0.2, 0) is 14.3 Å². The van der Waals surface area contributed by atoms with Crippen LogP contribution in [0.25, 0.3) is 0 Å². The van der Waals surface area contributed by atoms with Gasteiger partial charge in [-0.15, -0.1) is 0 Å². The number of hydrogen-bond donors (Lipinski definition) is 3. The molecular weight excluding hydrogens is 803 g/mol. The molecule has 0 heterocycles. The number of carbonyl (C=O) groups excluding carboxylic acids is 2. The maximum Gasteiger partial charge on any atom is 0.305 e. The van der Waals surface area contributed by atoms with Crippen LogP contribution in [-0.4, -0.2) is 47.4 Å². The van der Waals surface area contributed by atoms with Gasteiger partial charge in [0.1, 0.15) is 0 Å². The molecule has 0 saturated heterocycles. The maximum atomic E-state index is 12.4. The number of nitrogens with one attached hydrogen (secondary N) is 1. The molecule has 0 aromatic heterocycles. The van der Waals surface area contributed by atoms with Gasteiger partial charge in [0.15, 0.2) is 0 Å². The fourth-order valence-corrected chi connectivity index (χ4v) is 9.27. The zero-order valence-electron chi connectivity index (χ0n) is 44.0. The first-order chi connectivity index (χ1) is 32.0. The number of unbranched alkanes of at least 4 members (excludes halogenated alkanes) is 42. The van der Waals surface area contributed by atoms with Crippen LogP contribution >= 0.6 is 0 Å². The van der Waals surface area contributed by atoms with Crippen LogP contribution in [0, 0.1) is 0 Å². The smallest absolute Gasteiger partial charge is 0.305 e. The molecule has 6 nitrogen and oxygen atoms in total. The van der Waals surface area contributed by atoms with Gasteiger partial charge in [0.2, 0.25) is 5.91 Å². The average molecular weight is 919 g/mol. The molecule has 3 N–H and O–H groups in total. The number of carbonyl (C=O) groups is 2. The summed E-state index contributed by atoms with van der Waals surface area (Å²) in [5.74, 6) is -0.0261. The standard InChI is InChI=1S/C59H115NO5/c1-3-5-7-9-11-13-31-35-39-43-47-51-57(62)56(55-61)60-58(63)52-48-44-40-36-33-29-27-25-23-21-19-17-15-16-18-20-22-24-26-28-30-34-38-42-46-50-54-65-59(64)53-49-45-41-37-32-14-12-10-8-6-4-2/h10,12,56-57,61-62H,3-9,11,13-55H2,1-2H3,(H,60,63)/b12-10-. The highest BCUT2D eigenvalue weighted by Crippen LogP contribution is 2.18. The van der Waals surface area contributed by atoms with Crippen molar-refractivity contribution in [2.24, 2.45) is 0 Å². The Morgan fingerprint density at radius 1 is 0.415 bits per heavy atom. The van der Waals surface area contributed by atoms with Gasteiger partial charge in [-0.2, -0.15) is 0 Å². The summed E-state index contributed by atoms with van der Waals surface area (Å²) in [6.45, 7) is 4.92. The Balaban J connectivity index is 3.33. The number of amides is 1. The Kier molecular flexibility index (Phi) is 54.0. The molecule has 6 heteroatoms. The third kappa shape index (κ3) is 51.8. The van der Waals surface area contributed by atoms with Crippen LogP contribution in [0.5, 0.6) is 0 Å². The number of allylic oxidation sites excluding steroid dienone is 2. The van der Waals surface area contributed by atoms with E-state index in [1.165, 1.54) is 250 Å². The molecule has 0 fully saturated rings. The van der Waals surface area contributed by atoms with E-state index in [9.17, 15) is 19.8 Å². The molecule has 0 bridgehead atoms. The van der Waals surface area contributed by atoms with Crippen molar-refractivity contribution in [3.05, 3.63) is 12.2 Å². The van der Waals surface area contributed by atoms with Crippen LogP contribution in [0.4, 0.5) is 0 Å². The lowest BCUT2D eigenvalue weighted by Crippen LogP contribution is -2.45. The first kappa shape index (κ1) is 63.6. The summed E-state index contributed by atoms with van der Waals surface area (Å²) in [4.78, 5) is 24.4. The zero-order valence-corrected chi connectivity index (χ0v) is 44.0. The topological polar surface area (TPSA) is 95.9 Å². The number of rotatable bonds is 55. The van der Waals surface area contributed by atoms with E-state index in [-0.39, 0.29) is 18.5 Å². The first-order valence-corrected chi connectivity index (χ1v) is 29.4. The second-order valence-corrected chi connectivity index (χ2v) is 20.3. The van der Waals surface area contributed by atoms with Crippen LogP contribution in [0.3, 0.4) is 0 Å². The lowest BCUT2D eigenvalue weighted by atomic mass is 10.0. The molecule has 0 aliphatic rings. The highest BCUT2D eigenvalue weighted by atomic mass is 16.5. The summed E-state index contributed by atoms with van der Waals surface area (Å²) < 4.78 is 5.46. The third-order valence-corrected chi connectivity index (χ3v) is 13.8. The molecule has 2 atom stereocenters. The fourth-order valence-electron chi connectivity index (χ4n) is 9.27. The predicted molar refractivity (Wildman–Crippen MR) is 283 cm³/mol. The van der Waals surface area contributed by atoms with Gasteiger partial charge in [-0.1, -0.05) is 283 Å². The van der Waals surface area contributed by atoms with Crippen molar-refractivity contribution in [3.8, 4) is 0 Å². The van der Waals surface area contributed by atoms with Crippen molar-refractivity contribution < 1.29 is 24.5 Å². The van der Waals surface area contributed by atoms with Gasteiger partial charge in [-0.3, -0.25) is 9.59 Å². The molecule has 1 amide bonds. The molecule has 386 valence electrons.